The average molecular weight is 240 g/mol. The molecule has 0 radical (unpaired) electrons. The van der Waals surface area contributed by atoms with Crippen LogP contribution in [0.5, 0.6) is 0 Å². The van der Waals surface area contributed by atoms with Crippen LogP contribution in [0.1, 0.15) is 53.9 Å². The Hall–Kier alpha value is -1.06. The van der Waals surface area contributed by atoms with Crippen molar-refractivity contribution in [2.24, 2.45) is 16.9 Å². The SMILES string of the molecule is C[C@@H]1CCC[C@H](C)C1=NNC(=O)OC(C)(C)C. The number of rotatable bonds is 1. The highest BCUT2D eigenvalue weighted by Crippen LogP contribution is 2.25. The highest BCUT2D eigenvalue weighted by Gasteiger charge is 2.23. The first kappa shape index (κ1) is 14.0. The molecule has 0 aliphatic heterocycles. The lowest BCUT2D eigenvalue weighted by atomic mass is 9.81. The van der Waals surface area contributed by atoms with Gasteiger partial charge in [-0.1, -0.05) is 20.3 Å². The lowest BCUT2D eigenvalue weighted by Crippen LogP contribution is -2.33. The standard InChI is InChI=1S/C13H24N2O2/c1-9-7-6-8-10(2)11(9)14-15-12(16)17-13(3,4)5/h9-10H,6-8H2,1-5H3,(H,15,16)/t9-,10+. The van der Waals surface area contributed by atoms with Gasteiger partial charge in [0.25, 0.3) is 0 Å². The van der Waals surface area contributed by atoms with E-state index in [1.54, 1.807) is 0 Å². The molecule has 4 nitrogen and oxygen atoms in total. The molecule has 2 atom stereocenters. The minimum absolute atomic E-state index is 0.452. The zero-order valence-corrected chi connectivity index (χ0v) is 11.5. The molecule has 1 aliphatic rings. The first-order chi connectivity index (χ1) is 7.79. The van der Waals surface area contributed by atoms with Gasteiger partial charge >= 0.3 is 6.09 Å². The second kappa shape index (κ2) is 5.52. The van der Waals surface area contributed by atoms with E-state index < -0.39 is 11.7 Å². The Balaban J connectivity index is 2.54. The summed E-state index contributed by atoms with van der Waals surface area (Å²) in [6.07, 6.45) is 3.07. The van der Waals surface area contributed by atoms with Crippen molar-refractivity contribution in [1.29, 1.82) is 0 Å². The summed E-state index contributed by atoms with van der Waals surface area (Å²) in [6, 6.07) is 0. The number of hydrogen-bond acceptors (Lipinski definition) is 3. The maximum Gasteiger partial charge on any atom is 0.428 e. The van der Waals surface area contributed by atoms with Crippen LogP contribution in [0.25, 0.3) is 0 Å². The average Bonchev–Trinajstić information content (AvgIpc) is 2.14. The van der Waals surface area contributed by atoms with E-state index in [4.69, 9.17) is 4.74 Å². The third-order valence-corrected chi connectivity index (χ3v) is 2.96. The molecular formula is C13H24N2O2. The molecule has 0 aromatic carbocycles. The van der Waals surface area contributed by atoms with Crippen molar-refractivity contribution in [3.8, 4) is 0 Å². The van der Waals surface area contributed by atoms with Crippen LogP contribution in [-0.2, 0) is 4.74 Å². The zero-order valence-electron chi connectivity index (χ0n) is 11.5. The lowest BCUT2D eigenvalue weighted by Gasteiger charge is -2.26. The highest BCUT2D eigenvalue weighted by molar-refractivity contribution is 5.89. The molecule has 98 valence electrons. The number of nitrogens with zero attached hydrogens (tertiary/aromatic N) is 1. The molecule has 0 bridgehead atoms. The topological polar surface area (TPSA) is 50.7 Å². The van der Waals surface area contributed by atoms with Gasteiger partial charge in [-0.3, -0.25) is 0 Å². The Morgan fingerprint density at radius 3 is 2.29 bits per heavy atom. The molecule has 1 aliphatic carbocycles. The molecule has 1 amide bonds. The summed E-state index contributed by atoms with van der Waals surface area (Å²) in [7, 11) is 0. The molecular weight excluding hydrogens is 216 g/mol. The van der Waals surface area contributed by atoms with E-state index >= 15 is 0 Å². The van der Waals surface area contributed by atoms with Crippen molar-refractivity contribution in [2.45, 2.75) is 59.5 Å². The van der Waals surface area contributed by atoms with Crippen LogP contribution in [0, 0.1) is 11.8 Å². The Bertz CT molecular complexity index is 293. The van der Waals surface area contributed by atoms with Crippen molar-refractivity contribution in [3.63, 3.8) is 0 Å². The van der Waals surface area contributed by atoms with Gasteiger partial charge in [-0.05, 0) is 45.4 Å². The number of carbonyl (C=O) groups excluding carboxylic acids is 1. The van der Waals surface area contributed by atoms with E-state index in [0.29, 0.717) is 11.8 Å². The second-order valence-electron chi connectivity index (χ2n) is 5.88. The van der Waals surface area contributed by atoms with Crippen LogP contribution in [0.3, 0.4) is 0 Å². The van der Waals surface area contributed by atoms with Crippen molar-refractivity contribution in [3.05, 3.63) is 0 Å². The van der Waals surface area contributed by atoms with Gasteiger partial charge in [-0.15, -0.1) is 0 Å². The normalized spacial score (nSPS) is 27.9. The summed E-state index contributed by atoms with van der Waals surface area (Å²) in [5, 5.41) is 4.22. The second-order valence-corrected chi connectivity index (χ2v) is 5.88. The zero-order chi connectivity index (χ0) is 13.1. The maximum atomic E-state index is 11.5. The predicted molar refractivity (Wildman–Crippen MR) is 69.0 cm³/mol. The minimum Gasteiger partial charge on any atom is -0.443 e. The Morgan fingerprint density at radius 1 is 1.29 bits per heavy atom. The van der Waals surface area contributed by atoms with Gasteiger partial charge in [0.1, 0.15) is 5.60 Å². The summed E-state index contributed by atoms with van der Waals surface area (Å²) < 4.78 is 5.14. The molecule has 0 unspecified atom stereocenters. The van der Waals surface area contributed by atoms with Crippen molar-refractivity contribution < 1.29 is 9.53 Å². The minimum atomic E-state index is -0.478. The van der Waals surface area contributed by atoms with E-state index in [1.807, 2.05) is 20.8 Å². The highest BCUT2D eigenvalue weighted by atomic mass is 16.6. The molecule has 1 fully saturated rings. The molecule has 0 saturated heterocycles. The monoisotopic (exact) mass is 240 g/mol. The quantitative estimate of drug-likeness (QED) is 0.715. The van der Waals surface area contributed by atoms with Crippen LogP contribution < -0.4 is 5.43 Å². The lowest BCUT2D eigenvalue weighted by molar-refractivity contribution is 0.0528. The fraction of sp³-hybridized carbons (Fsp3) is 0.846. The fourth-order valence-corrected chi connectivity index (χ4v) is 2.14. The van der Waals surface area contributed by atoms with E-state index in [-0.39, 0.29) is 0 Å². The van der Waals surface area contributed by atoms with Crippen LogP contribution in [0.15, 0.2) is 5.10 Å². The molecule has 1 rings (SSSR count). The van der Waals surface area contributed by atoms with Gasteiger partial charge in [0.15, 0.2) is 0 Å². The number of nitrogens with one attached hydrogen (secondary N) is 1. The van der Waals surface area contributed by atoms with Crippen molar-refractivity contribution in [1.82, 2.24) is 5.43 Å². The number of hydrogen-bond donors (Lipinski definition) is 1. The van der Waals surface area contributed by atoms with E-state index in [1.165, 1.54) is 6.42 Å². The molecule has 4 heteroatoms. The molecule has 0 spiro atoms. The van der Waals surface area contributed by atoms with Crippen molar-refractivity contribution in [2.75, 3.05) is 0 Å². The van der Waals surface area contributed by atoms with Gasteiger partial charge in [0.2, 0.25) is 0 Å². The largest absolute Gasteiger partial charge is 0.443 e. The summed E-state index contributed by atoms with van der Waals surface area (Å²) >= 11 is 0. The molecule has 0 aromatic heterocycles. The summed E-state index contributed by atoms with van der Waals surface area (Å²) in [4.78, 5) is 11.5. The number of ether oxygens (including phenoxy) is 1. The third kappa shape index (κ3) is 4.75. The van der Waals surface area contributed by atoms with Gasteiger partial charge < -0.3 is 4.74 Å². The Morgan fingerprint density at radius 2 is 1.82 bits per heavy atom. The van der Waals surface area contributed by atoms with E-state index in [9.17, 15) is 4.79 Å². The van der Waals surface area contributed by atoms with Gasteiger partial charge in [-0.2, -0.15) is 5.10 Å². The first-order valence-electron chi connectivity index (χ1n) is 6.36. The molecule has 1 N–H and O–H groups in total. The van der Waals surface area contributed by atoms with Crippen LogP contribution in [-0.4, -0.2) is 17.4 Å². The molecule has 1 saturated carbocycles. The molecule has 0 heterocycles. The summed E-state index contributed by atoms with van der Waals surface area (Å²) in [5.74, 6) is 0.905. The van der Waals surface area contributed by atoms with Gasteiger partial charge in [0, 0.05) is 5.71 Å². The van der Waals surface area contributed by atoms with Crippen molar-refractivity contribution >= 4 is 11.8 Å². The van der Waals surface area contributed by atoms with Crippen LogP contribution in [0.2, 0.25) is 0 Å². The summed E-state index contributed by atoms with van der Waals surface area (Å²) in [5.41, 5.74) is 3.10. The molecule has 17 heavy (non-hydrogen) atoms. The summed E-state index contributed by atoms with van der Waals surface area (Å²) in [6.45, 7) is 9.83. The van der Waals surface area contributed by atoms with E-state index in [0.717, 1.165) is 18.6 Å². The smallest absolute Gasteiger partial charge is 0.428 e. The number of carbonyl (C=O) groups is 1. The van der Waals surface area contributed by atoms with Crippen LogP contribution >= 0.6 is 0 Å². The first-order valence-corrected chi connectivity index (χ1v) is 6.36. The predicted octanol–water partition coefficient (Wildman–Crippen LogP) is 3.32. The van der Waals surface area contributed by atoms with Crippen LogP contribution in [0.4, 0.5) is 4.79 Å². The van der Waals surface area contributed by atoms with Gasteiger partial charge in [-0.25, -0.2) is 10.2 Å². The van der Waals surface area contributed by atoms with Gasteiger partial charge in [0.05, 0.1) is 0 Å². The third-order valence-electron chi connectivity index (χ3n) is 2.96. The number of hydrazone groups is 1. The van der Waals surface area contributed by atoms with E-state index in [2.05, 4.69) is 24.4 Å². The Kier molecular flexibility index (Phi) is 4.54. The Labute approximate surface area is 104 Å². The number of amides is 1. The molecule has 0 aromatic rings. The maximum absolute atomic E-state index is 11.5. The fourth-order valence-electron chi connectivity index (χ4n) is 2.14.